The first-order valence-corrected chi connectivity index (χ1v) is 9.20. The third kappa shape index (κ3) is 4.99. The van der Waals surface area contributed by atoms with E-state index in [4.69, 9.17) is 9.47 Å². The number of hydrogen-bond donors (Lipinski definition) is 0. The van der Waals surface area contributed by atoms with Crippen molar-refractivity contribution in [2.24, 2.45) is 11.8 Å². The first-order chi connectivity index (χ1) is 12.1. The van der Waals surface area contributed by atoms with Gasteiger partial charge in [-0.3, -0.25) is 4.90 Å². The second-order valence-corrected chi connectivity index (χ2v) is 7.40. The zero-order valence-electron chi connectivity index (χ0n) is 15.6. The van der Waals surface area contributed by atoms with E-state index >= 15 is 0 Å². The molecule has 2 unspecified atom stereocenters. The van der Waals surface area contributed by atoms with Gasteiger partial charge < -0.3 is 9.47 Å². The van der Waals surface area contributed by atoms with Crippen LogP contribution in [0.3, 0.4) is 0 Å². The molecular weight excluding hydrogens is 310 g/mol. The minimum atomic E-state index is 0.554. The molecule has 0 bridgehead atoms. The van der Waals surface area contributed by atoms with Crippen LogP contribution in [0.15, 0.2) is 48.5 Å². The highest BCUT2D eigenvalue weighted by Gasteiger charge is 2.22. The van der Waals surface area contributed by atoms with Gasteiger partial charge in [0, 0.05) is 19.6 Å². The summed E-state index contributed by atoms with van der Waals surface area (Å²) in [6, 6.07) is 16.5. The van der Waals surface area contributed by atoms with Crippen molar-refractivity contribution in [2.45, 2.75) is 33.4 Å². The van der Waals surface area contributed by atoms with Gasteiger partial charge in [-0.1, -0.05) is 50.2 Å². The summed E-state index contributed by atoms with van der Waals surface area (Å²) in [7, 11) is 1.69. The fourth-order valence-corrected chi connectivity index (χ4v) is 3.85. The molecule has 1 heterocycles. The maximum Gasteiger partial charge on any atom is 0.161 e. The first-order valence-electron chi connectivity index (χ1n) is 9.20. The van der Waals surface area contributed by atoms with Crippen molar-refractivity contribution >= 4 is 0 Å². The highest BCUT2D eigenvalue weighted by Crippen LogP contribution is 2.30. The summed E-state index contributed by atoms with van der Waals surface area (Å²) in [5, 5.41) is 0. The van der Waals surface area contributed by atoms with Crippen LogP contribution in [0, 0.1) is 11.8 Å². The lowest BCUT2D eigenvalue weighted by Crippen LogP contribution is -2.38. The summed E-state index contributed by atoms with van der Waals surface area (Å²) in [6.07, 6.45) is 1.34. The van der Waals surface area contributed by atoms with E-state index < -0.39 is 0 Å². The van der Waals surface area contributed by atoms with Gasteiger partial charge in [-0.2, -0.15) is 0 Å². The van der Waals surface area contributed by atoms with E-state index in [-0.39, 0.29) is 0 Å². The first kappa shape index (κ1) is 17.8. The van der Waals surface area contributed by atoms with Crippen molar-refractivity contribution in [3.63, 3.8) is 0 Å². The Morgan fingerprint density at radius 2 is 1.64 bits per heavy atom. The van der Waals surface area contributed by atoms with Gasteiger partial charge in [-0.15, -0.1) is 0 Å². The van der Waals surface area contributed by atoms with Gasteiger partial charge in [-0.05, 0) is 41.5 Å². The van der Waals surface area contributed by atoms with Crippen molar-refractivity contribution in [1.29, 1.82) is 0 Å². The largest absolute Gasteiger partial charge is 0.493 e. The Bertz CT molecular complexity index is 661. The van der Waals surface area contributed by atoms with Gasteiger partial charge in [0.1, 0.15) is 6.61 Å². The number of hydrogen-bond acceptors (Lipinski definition) is 3. The van der Waals surface area contributed by atoms with Crippen LogP contribution < -0.4 is 9.47 Å². The molecule has 0 amide bonds. The van der Waals surface area contributed by atoms with E-state index in [2.05, 4.69) is 43.0 Å². The molecule has 0 spiro atoms. The summed E-state index contributed by atoms with van der Waals surface area (Å²) in [6.45, 7) is 8.59. The molecule has 1 aliphatic rings. The molecule has 3 rings (SSSR count). The van der Waals surface area contributed by atoms with Crippen LogP contribution in [0.5, 0.6) is 11.5 Å². The average molecular weight is 339 g/mol. The number of methoxy groups -OCH3 is 1. The second kappa shape index (κ2) is 8.39. The molecule has 3 nitrogen and oxygen atoms in total. The third-order valence-electron chi connectivity index (χ3n) is 4.82. The monoisotopic (exact) mass is 339 g/mol. The minimum absolute atomic E-state index is 0.554. The van der Waals surface area contributed by atoms with E-state index in [9.17, 15) is 0 Å². The predicted molar refractivity (Wildman–Crippen MR) is 102 cm³/mol. The van der Waals surface area contributed by atoms with E-state index in [0.29, 0.717) is 6.61 Å². The van der Waals surface area contributed by atoms with E-state index in [1.807, 2.05) is 24.3 Å². The van der Waals surface area contributed by atoms with Gasteiger partial charge in [0.25, 0.3) is 0 Å². The van der Waals surface area contributed by atoms with Gasteiger partial charge in [0.2, 0.25) is 0 Å². The van der Waals surface area contributed by atoms with Crippen molar-refractivity contribution in [1.82, 2.24) is 4.90 Å². The number of benzene rings is 2. The number of nitrogens with zero attached hydrogens (tertiary/aromatic N) is 1. The normalized spacial score (nSPS) is 21.1. The molecule has 1 fully saturated rings. The molecule has 3 heteroatoms. The molecule has 2 aromatic carbocycles. The van der Waals surface area contributed by atoms with Crippen LogP contribution in [0.25, 0.3) is 0 Å². The molecular formula is C22H29NO2. The van der Waals surface area contributed by atoms with Crippen LogP contribution in [0.1, 0.15) is 31.4 Å². The number of piperidine rings is 1. The molecule has 0 saturated carbocycles. The lowest BCUT2D eigenvalue weighted by atomic mass is 9.91. The van der Waals surface area contributed by atoms with Crippen molar-refractivity contribution in [2.75, 3.05) is 20.2 Å². The molecule has 0 aromatic heterocycles. The lowest BCUT2D eigenvalue weighted by Gasteiger charge is -2.35. The van der Waals surface area contributed by atoms with Crippen LogP contribution >= 0.6 is 0 Å². The molecule has 1 aliphatic heterocycles. The van der Waals surface area contributed by atoms with E-state index in [1.165, 1.54) is 25.1 Å². The Morgan fingerprint density at radius 3 is 2.32 bits per heavy atom. The van der Waals surface area contributed by atoms with Gasteiger partial charge >= 0.3 is 0 Å². The van der Waals surface area contributed by atoms with Crippen LogP contribution in [0.4, 0.5) is 0 Å². The fraction of sp³-hybridized carbons (Fsp3) is 0.455. The van der Waals surface area contributed by atoms with Gasteiger partial charge in [0.15, 0.2) is 11.5 Å². The molecule has 2 aromatic rings. The zero-order valence-corrected chi connectivity index (χ0v) is 15.6. The lowest BCUT2D eigenvalue weighted by molar-refractivity contribution is 0.134. The van der Waals surface area contributed by atoms with Crippen LogP contribution in [-0.2, 0) is 13.2 Å². The molecule has 2 atom stereocenters. The van der Waals surface area contributed by atoms with Crippen LogP contribution in [-0.4, -0.2) is 25.1 Å². The Hall–Kier alpha value is -2.00. The van der Waals surface area contributed by atoms with Crippen molar-refractivity contribution in [3.05, 3.63) is 59.7 Å². The molecule has 0 radical (unpaired) electrons. The highest BCUT2D eigenvalue weighted by atomic mass is 16.5. The van der Waals surface area contributed by atoms with Gasteiger partial charge in [-0.25, -0.2) is 0 Å². The quantitative estimate of drug-likeness (QED) is 0.758. The topological polar surface area (TPSA) is 21.7 Å². The second-order valence-electron chi connectivity index (χ2n) is 7.40. The Balaban J connectivity index is 1.68. The van der Waals surface area contributed by atoms with E-state index in [1.54, 1.807) is 7.11 Å². The summed E-state index contributed by atoms with van der Waals surface area (Å²) in [5.41, 5.74) is 2.44. The zero-order chi connectivity index (χ0) is 17.6. The van der Waals surface area contributed by atoms with E-state index in [0.717, 1.165) is 35.4 Å². The highest BCUT2D eigenvalue weighted by molar-refractivity contribution is 5.43. The molecule has 0 aliphatic carbocycles. The molecule has 1 saturated heterocycles. The summed E-state index contributed by atoms with van der Waals surface area (Å²) in [5.74, 6) is 3.16. The van der Waals surface area contributed by atoms with Gasteiger partial charge in [0.05, 0.1) is 7.11 Å². The number of ether oxygens (including phenoxy) is 2. The molecule has 25 heavy (non-hydrogen) atoms. The van der Waals surface area contributed by atoms with Crippen molar-refractivity contribution in [3.8, 4) is 11.5 Å². The summed E-state index contributed by atoms with van der Waals surface area (Å²) < 4.78 is 11.5. The molecule has 134 valence electrons. The standard InChI is InChI=1S/C22H29NO2/c1-17-11-18(2)14-23(13-17)15-20-9-10-21(24-3)22(12-20)25-16-19-7-5-4-6-8-19/h4-10,12,17-18H,11,13-16H2,1-3H3. The maximum absolute atomic E-state index is 6.04. The third-order valence-corrected chi connectivity index (χ3v) is 4.82. The number of likely N-dealkylation sites (tertiary alicyclic amines) is 1. The average Bonchev–Trinajstić information content (AvgIpc) is 2.60. The Morgan fingerprint density at radius 1 is 0.920 bits per heavy atom. The Labute approximate surface area is 151 Å². The van der Waals surface area contributed by atoms with Crippen molar-refractivity contribution < 1.29 is 9.47 Å². The fourth-order valence-electron chi connectivity index (χ4n) is 3.85. The predicted octanol–water partition coefficient (Wildman–Crippen LogP) is 4.75. The summed E-state index contributed by atoms with van der Waals surface area (Å²) >= 11 is 0. The summed E-state index contributed by atoms with van der Waals surface area (Å²) in [4.78, 5) is 2.56. The SMILES string of the molecule is COc1ccc(CN2CC(C)CC(C)C2)cc1OCc1ccccc1. The maximum atomic E-state index is 6.04. The minimum Gasteiger partial charge on any atom is -0.493 e. The smallest absolute Gasteiger partial charge is 0.161 e. The Kier molecular flexibility index (Phi) is 5.98. The number of rotatable bonds is 6. The molecule has 0 N–H and O–H groups in total. The van der Waals surface area contributed by atoms with Crippen LogP contribution in [0.2, 0.25) is 0 Å².